The van der Waals surface area contributed by atoms with E-state index in [-0.39, 0.29) is 44.4 Å². The van der Waals surface area contributed by atoms with Crippen LogP contribution in [0.2, 0.25) is 0 Å². The predicted octanol–water partition coefficient (Wildman–Crippen LogP) is 3.63. The van der Waals surface area contributed by atoms with E-state index in [1.54, 1.807) is 30.4 Å². The van der Waals surface area contributed by atoms with Gasteiger partial charge in [0.2, 0.25) is 5.95 Å². The summed E-state index contributed by atoms with van der Waals surface area (Å²) in [5.41, 5.74) is 1.12. The van der Waals surface area contributed by atoms with Gasteiger partial charge in [0, 0.05) is 31.4 Å². The smallest absolute Gasteiger partial charge is 0.410 e. The summed E-state index contributed by atoms with van der Waals surface area (Å²) in [6.45, 7) is 5.13. The normalized spacial score (nSPS) is 20.8. The molecule has 0 aliphatic carbocycles. The van der Waals surface area contributed by atoms with Crippen molar-refractivity contribution in [1.29, 1.82) is 0 Å². The molecule has 4 heterocycles. The lowest BCUT2D eigenvalue weighted by molar-refractivity contribution is -0.0226. The summed E-state index contributed by atoms with van der Waals surface area (Å²) in [4.78, 5) is 28.5. The van der Waals surface area contributed by atoms with Gasteiger partial charge in [-0.15, -0.1) is 0 Å². The Hall–Kier alpha value is -3.82. The van der Waals surface area contributed by atoms with Gasteiger partial charge in [-0.25, -0.2) is 19.2 Å². The van der Waals surface area contributed by atoms with Crippen molar-refractivity contribution in [3.8, 4) is 5.75 Å². The van der Waals surface area contributed by atoms with Crippen LogP contribution >= 0.6 is 0 Å². The number of alkyl halides is 1. The Morgan fingerprint density at radius 3 is 2.68 bits per heavy atom. The third-order valence-corrected chi connectivity index (χ3v) is 8.15. The molecule has 2 fully saturated rings. The molecule has 2 aliphatic heterocycles. The average Bonchev–Trinajstić information content (AvgIpc) is 3.30. The number of nitrogens with one attached hydrogen (secondary N) is 1. The van der Waals surface area contributed by atoms with Gasteiger partial charge in [0.1, 0.15) is 42.8 Å². The van der Waals surface area contributed by atoms with E-state index in [0.717, 1.165) is 22.6 Å². The zero-order valence-electron chi connectivity index (χ0n) is 25.1. The van der Waals surface area contributed by atoms with Crippen LogP contribution < -0.4 is 15.0 Å². The van der Waals surface area contributed by atoms with Crippen molar-refractivity contribution >= 4 is 44.6 Å². The Morgan fingerprint density at radius 1 is 1.16 bits per heavy atom. The van der Waals surface area contributed by atoms with E-state index in [2.05, 4.69) is 38.3 Å². The van der Waals surface area contributed by atoms with Gasteiger partial charge in [0.15, 0.2) is 0 Å². The monoisotopic (exact) mass is 632 g/mol. The quantitative estimate of drug-likeness (QED) is 0.230. The number of carbonyl (C=O) groups is 1. The van der Waals surface area contributed by atoms with Gasteiger partial charge in [-0.3, -0.25) is 4.18 Å². The fourth-order valence-electron chi connectivity index (χ4n) is 5.15. The number of fused-ring (bicyclic) bond motifs is 1. The molecule has 1 aromatic carbocycles. The van der Waals surface area contributed by atoms with Crippen molar-refractivity contribution in [2.45, 2.75) is 44.5 Å². The number of piperidine rings is 1. The summed E-state index contributed by atoms with van der Waals surface area (Å²) in [6, 6.07) is 7.45. The fraction of sp³-hybridized carbons (Fsp3) is 0.517. The largest absolute Gasteiger partial charge is 0.491 e. The number of anilines is 3. The molecular formula is C29H37FN6O7S. The van der Waals surface area contributed by atoms with Crippen LogP contribution in [0.5, 0.6) is 5.75 Å². The average molecular weight is 633 g/mol. The highest BCUT2D eigenvalue weighted by Gasteiger charge is 2.32. The summed E-state index contributed by atoms with van der Waals surface area (Å²) in [6.07, 6.45) is 2.35. The molecule has 2 saturated heterocycles. The van der Waals surface area contributed by atoms with Crippen LogP contribution in [-0.2, 0) is 23.8 Å². The molecule has 2 aliphatic rings. The number of cyclic esters (lactones) is 1. The first-order valence-electron chi connectivity index (χ1n) is 14.4. The van der Waals surface area contributed by atoms with Crippen molar-refractivity contribution in [3.63, 3.8) is 0 Å². The Kier molecular flexibility index (Phi) is 9.65. The van der Waals surface area contributed by atoms with Crippen LogP contribution in [0.4, 0.5) is 26.8 Å². The zero-order valence-corrected chi connectivity index (χ0v) is 25.9. The molecule has 2 aromatic heterocycles. The SMILES string of the molecule is CC(C)c1ccc(OC[C@@H]2COC(=O)N2C)c2cnc(Nc3ccnc(N4CC[C@@H](OCCOS(C)(=O)=O)[C@@H](F)C4)n3)cc12. The standard InChI is InChI=1S/C29H37FN6O7S/c1-18(2)20-5-6-24(41-16-19-17-42-29(37)35(19)3)22-14-32-27(13-21(20)22)33-26-7-9-31-28(34-26)36-10-8-25(23(30)15-36)40-11-12-43-44(4,38)39/h5-7,9,13-14,18-19,23,25H,8,10-12,15-17H2,1-4H3,(H,31,32,33,34)/t19-,23+,25-/m1/s1. The Morgan fingerprint density at radius 2 is 1.98 bits per heavy atom. The molecular weight excluding hydrogens is 595 g/mol. The van der Waals surface area contributed by atoms with E-state index in [9.17, 15) is 17.6 Å². The van der Waals surface area contributed by atoms with E-state index >= 15 is 0 Å². The van der Waals surface area contributed by atoms with Gasteiger partial charge in [-0.1, -0.05) is 19.9 Å². The number of rotatable bonds is 12. The van der Waals surface area contributed by atoms with Crippen LogP contribution in [0.15, 0.2) is 36.7 Å². The minimum atomic E-state index is -3.57. The van der Waals surface area contributed by atoms with Gasteiger partial charge in [-0.05, 0) is 41.5 Å². The van der Waals surface area contributed by atoms with E-state index in [1.807, 2.05) is 18.2 Å². The molecule has 44 heavy (non-hydrogen) atoms. The van der Waals surface area contributed by atoms with E-state index in [4.69, 9.17) is 14.2 Å². The van der Waals surface area contributed by atoms with Gasteiger partial charge in [0.05, 0.1) is 32.1 Å². The number of nitrogens with zero attached hydrogens (tertiary/aromatic N) is 5. The van der Waals surface area contributed by atoms with Crippen LogP contribution in [0.1, 0.15) is 31.7 Å². The zero-order chi connectivity index (χ0) is 31.4. The van der Waals surface area contributed by atoms with E-state index in [1.165, 1.54) is 4.90 Å². The summed E-state index contributed by atoms with van der Waals surface area (Å²) in [5, 5.41) is 5.06. The summed E-state index contributed by atoms with van der Waals surface area (Å²) >= 11 is 0. The van der Waals surface area contributed by atoms with Crippen molar-refractivity contribution < 1.29 is 36.0 Å². The number of likely N-dealkylation sites (N-methyl/N-ethyl adjacent to an activating group) is 1. The number of aromatic nitrogens is 3. The highest BCUT2D eigenvalue weighted by Crippen LogP contribution is 2.34. The predicted molar refractivity (Wildman–Crippen MR) is 162 cm³/mol. The Labute approximate surface area is 255 Å². The van der Waals surface area contributed by atoms with Crippen LogP contribution in [0.25, 0.3) is 10.8 Å². The van der Waals surface area contributed by atoms with Crippen LogP contribution in [0, 0.1) is 0 Å². The third kappa shape index (κ3) is 7.63. The highest BCUT2D eigenvalue weighted by molar-refractivity contribution is 7.85. The van der Waals surface area contributed by atoms with Crippen molar-refractivity contribution in [3.05, 3.63) is 42.2 Å². The Balaban J connectivity index is 1.26. The molecule has 13 nitrogen and oxygen atoms in total. The number of benzene rings is 1. The first-order valence-corrected chi connectivity index (χ1v) is 16.2. The van der Waals surface area contributed by atoms with Crippen molar-refractivity contribution in [2.24, 2.45) is 0 Å². The van der Waals surface area contributed by atoms with Crippen LogP contribution in [-0.4, -0.2) is 106 Å². The fourth-order valence-corrected chi connectivity index (χ4v) is 5.52. The maximum Gasteiger partial charge on any atom is 0.410 e. The molecule has 0 spiro atoms. The molecule has 0 bridgehead atoms. The molecule has 0 saturated carbocycles. The number of ether oxygens (including phenoxy) is 3. The maximum atomic E-state index is 14.9. The van der Waals surface area contributed by atoms with Crippen LogP contribution in [0.3, 0.4) is 0 Å². The van der Waals surface area contributed by atoms with E-state index < -0.39 is 22.4 Å². The number of pyridine rings is 1. The lowest BCUT2D eigenvalue weighted by Gasteiger charge is -2.34. The summed E-state index contributed by atoms with van der Waals surface area (Å²) < 4.78 is 58.5. The van der Waals surface area contributed by atoms with Crippen molar-refractivity contribution in [1.82, 2.24) is 19.9 Å². The van der Waals surface area contributed by atoms with Gasteiger partial charge in [0.25, 0.3) is 10.1 Å². The highest BCUT2D eigenvalue weighted by atomic mass is 32.2. The lowest BCUT2D eigenvalue weighted by atomic mass is 9.96. The van der Waals surface area contributed by atoms with E-state index in [0.29, 0.717) is 42.9 Å². The molecule has 1 amide bonds. The molecule has 0 radical (unpaired) electrons. The minimum absolute atomic E-state index is 0.0210. The van der Waals surface area contributed by atoms with Crippen molar-refractivity contribution in [2.75, 3.05) is 63.0 Å². The second-order valence-electron chi connectivity index (χ2n) is 11.1. The maximum absolute atomic E-state index is 14.9. The molecule has 15 heteroatoms. The molecule has 1 N–H and O–H groups in total. The first kappa shape index (κ1) is 31.6. The first-order chi connectivity index (χ1) is 21.0. The lowest BCUT2D eigenvalue weighted by Crippen LogP contribution is -2.46. The number of hydrogen-bond donors (Lipinski definition) is 1. The number of hydrogen-bond acceptors (Lipinski definition) is 12. The molecule has 0 unspecified atom stereocenters. The van der Waals surface area contributed by atoms with Gasteiger partial charge in [-0.2, -0.15) is 13.4 Å². The minimum Gasteiger partial charge on any atom is -0.491 e. The summed E-state index contributed by atoms with van der Waals surface area (Å²) in [7, 11) is -1.88. The third-order valence-electron chi connectivity index (χ3n) is 7.56. The molecule has 3 atom stereocenters. The summed E-state index contributed by atoms with van der Waals surface area (Å²) in [5.74, 6) is 2.35. The topological polar surface area (TPSA) is 145 Å². The number of carbonyl (C=O) groups excluding carboxylic acids is 1. The number of amides is 1. The second-order valence-corrected chi connectivity index (χ2v) is 12.8. The molecule has 238 valence electrons. The molecule has 5 rings (SSSR count). The van der Waals surface area contributed by atoms with Gasteiger partial charge >= 0.3 is 6.09 Å². The number of halogens is 1. The molecule has 3 aromatic rings. The van der Waals surface area contributed by atoms with Gasteiger partial charge < -0.3 is 29.3 Å². The second kappa shape index (κ2) is 13.4. The Bertz CT molecular complexity index is 1590.